The highest BCUT2D eigenvalue weighted by molar-refractivity contribution is 7.14. The Balaban J connectivity index is 1.44. The van der Waals surface area contributed by atoms with Crippen LogP contribution >= 0.6 is 11.3 Å². The Labute approximate surface area is 158 Å². The molecule has 8 heteroatoms. The standard InChI is InChI=1S/C19H15FN4O2S/c20-14-5-1-12(2-6-14)16-11-27-18(22-16)23-17(25)13-3-7-15(8-4-13)24-10-9-21-19(24)26/h1-8,11H,9-10H2,(H,21,26)(H,22,23,25). The summed E-state index contributed by atoms with van der Waals surface area (Å²) in [6.45, 7) is 1.22. The van der Waals surface area contributed by atoms with Gasteiger partial charge >= 0.3 is 6.03 Å². The number of carbonyl (C=O) groups excluding carboxylic acids is 2. The number of hydrogen-bond donors (Lipinski definition) is 2. The molecule has 1 aliphatic rings. The molecule has 0 saturated carbocycles. The summed E-state index contributed by atoms with van der Waals surface area (Å²) in [4.78, 5) is 30.1. The summed E-state index contributed by atoms with van der Waals surface area (Å²) >= 11 is 1.30. The SMILES string of the molecule is O=C(Nc1nc(-c2ccc(F)cc2)cs1)c1ccc(N2CCNC2=O)cc1. The average molecular weight is 382 g/mol. The fourth-order valence-corrected chi connectivity index (χ4v) is 3.48. The molecule has 1 aliphatic heterocycles. The number of urea groups is 1. The van der Waals surface area contributed by atoms with Gasteiger partial charge in [0.15, 0.2) is 5.13 Å². The van der Waals surface area contributed by atoms with Crippen molar-refractivity contribution in [2.75, 3.05) is 23.3 Å². The minimum Gasteiger partial charge on any atom is -0.336 e. The van der Waals surface area contributed by atoms with E-state index in [0.717, 1.165) is 11.3 Å². The molecule has 0 radical (unpaired) electrons. The molecule has 3 amide bonds. The Kier molecular flexibility index (Phi) is 4.55. The first-order valence-corrected chi connectivity index (χ1v) is 9.16. The maximum atomic E-state index is 13.0. The van der Waals surface area contributed by atoms with Crippen LogP contribution in [0.4, 0.5) is 20.0 Å². The van der Waals surface area contributed by atoms with Gasteiger partial charge in [-0.25, -0.2) is 14.2 Å². The number of nitrogens with zero attached hydrogens (tertiary/aromatic N) is 2. The average Bonchev–Trinajstić information content (AvgIpc) is 3.31. The van der Waals surface area contributed by atoms with Crippen molar-refractivity contribution in [3.63, 3.8) is 0 Å². The van der Waals surface area contributed by atoms with Crippen molar-refractivity contribution in [2.45, 2.75) is 0 Å². The fourth-order valence-electron chi connectivity index (χ4n) is 2.76. The topological polar surface area (TPSA) is 74.3 Å². The van der Waals surface area contributed by atoms with Crippen LogP contribution in [0.2, 0.25) is 0 Å². The van der Waals surface area contributed by atoms with Crippen LogP contribution < -0.4 is 15.5 Å². The van der Waals surface area contributed by atoms with Crippen molar-refractivity contribution in [3.8, 4) is 11.3 Å². The largest absolute Gasteiger partial charge is 0.336 e. The first kappa shape index (κ1) is 17.2. The number of hydrogen-bond acceptors (Lipinski definition) is 4. The Bertz CT molecular complexity index is 986. The molecule has 3 aromatic rings. The number of carbonyl (C=O) groups is 2. The van der Waals surface area contributed by atoms with Gasteiger partial charge in [0.1, 0.15) is 5.82 Å². The monoisotopic (exact) mass is 382 g/mol. The molecule has 0 atom stereocenters. The Morgan fingerprint density at radius 2 is 1.89 bits per heavy atom. The van der Waals surface area contributed by atoms with Gasteiger partial charge in [0, 0.05) is 35.3 Å². The van der Waals surface area contributed by atoms with Crippen LogP contribution in [0.3, 0.4) is 0 Å². The van der Waals surface area contributed by atoms with Gasteiger partial charge in [0.05, 0.1) is 5.69 Å². The van der Waals surface area contributed by atoms with Gasteiger partial charge in [-0.1, -0.05) is 0 Å². The molecule has 0 unspecified atom stereocenters. The molecular formula is C19H15FN4O2S. The third-order valence-corrected chi connectivity index (χ3v) is 4.92. The van der Waals surface area contributed by atoms with E-state index >= 15 is 0 Å². The normalized spacial score (nSPS) is 13.5. The molecule has 1 saturated heterocycles. The zero-order chi connectivity index (χ0) is 18.8. The minimum absolute atomic E-state index is 0.136. The van der Waals surface area contributed by atoms with Crippen molar-refractivity contribution in [2.24, 2.45) is 0 Å². The van der Waals surface area contributed by atoms with Crippen molar-refractivity contribution in [1.29, 1.82) is 0 Å². The lowest BCUT2D eigenvalue weighted by Gasteiger charge is -2.14. The van der Waals surface area contributed by atoms with E-state index in [1.807, 2.05) is 0 Å². The molecule has 0 aliphatic carbocycles. The quantitative estimate of drug-likeness (QED) is 0.722. The molecule has 0 bridgehead atoms. The van der Waals surface area contributed by atoms with E-state index in [1.54, 1.807) is 46.7 Å². The first-order chi connectivity index (χ1) is 13.1. The van der Waals surface area contributed by atoms with Crippen LogP contribution in [0.5, 0.6) is 0 Å². The van der Waals surface area contributed by atoms with Crippen molar-refractivity contribution >= 4 is 34.1 Å². The van der Waals surface area contributed by atoms with Gasteiger partial charge < -0.3 is 5.32 Å². The van der Waals surface area contributed by atoms with Crippen LogP contribution in [-0.2, 0) is 0 Å². The zero-order valence-electron chi connectivity index (χ0n) is 14.1. The summed E-state index contributed by atoms with van der Waals surface area (Å²) in [5.41, 5.74) is 2.67. The Morgan fingerprint density at radius 3 is 2.56 bits per heavy atom. The van der Waals surface area contributed by atoms with Crippen LogP contribution in [0.1, 0.15) is 10.4 Å². The van der Waals surface area contributed by atoms with Gasteiger partial charge in [-0.3, -0.25) is 15.0 Å². The van der Waals surface area contributed by atoms with E-state index in [-0.39, 0.29) is 17.8 Å². The second-order valence-corrected chi connectivity index (χ2v) is 6.79. The lowest BCUT2D eigenvalue weighted by atomic mass is 10.2. The molecule has 2 heterocycles. The summed E-state index contributed by atoms with van der Waals surface area (Å²) < 4.78 is 13.0. The van der Waals surface area contributed by atoms with E-state index in [1.165, 1.54) is 23.5 Å². The summed E-state index contributed by atoms with van der Waals surface area (Å²) in [6, 6.07) is 12.7. The van der Waals surface area contributed by atoms with Crippen molar-refractivity contribution in [3.05, 3.63) is 65.3 Å². The lowest BCUT2D eigenvalue weighted by molar-refractivity contribution is 0.102. The second kappa shape index (κ2) is 7.16. The molecule has 4 rings (SSSR count). The van der Waals surface area contributed by atoms with Crippen molar-refractivity contribution < 1.29 is 14.0 Å². The Morgan fingerprint density at radius 1 is 1.15 bits per heavy atom. The summed E-state index contributed by atoms with van der Waals surface area (Å²) in [5, 5.41) is 7.76. The zero-order valence-corrected chi connectivity index (χ0v) is 14.9. The van der Waals surface area contributed by atoms with Gasteiger partial charge in [0.25, 0.3) is 5.91 Å². The van der Waals surface area contributed by atoms with Crippen LogP contribution in [0.25, 0.3) is 11.3 Å². The van der Waals surface area contributed by atoms with E-state index in [4.69, 9.17) is 0 Å². The van der Waals surface area contributed by atoms with Gasteiger partial charge in [0.2, 0.25) is 0 Å². The highest BCUT2D eigenvalue weighted by atomic mass is 32.1. The molecule has 1 fully saturated rings. The van der Waals surface area contributed by atoms with E-state index in [2.05, 4.69) is 15.6 Å². The van der Waals surface area contributed by atoms with E-state index < -0.39 is 0 Å². The highest BCUT2D eigenvalue weighted by Crippen LogP contribution is 2.25. The molecule has 27 heavy (non-hydrogen) atoms. The second-order valence-electron chi connectivity index (χ2n) is 5.93. The molecule has 6 nitrogen and oxygen atoms in total. The minimum atomic E-state index is -0.308. The molecule has 136 valence electrons. The number of halogens is 1. The summed E-state index contributed by atoms with van der Waals surface area (Å²) in [5.74, 6) is -0.593. The number of benzene rings is 2. The third-order valence-electron chi connectivity index (χ3n) is 4.16. The third kappa shape index (κ3) is 3.65. The summed E-state index contributed by atoms with van der Waals surface area (Å²) in [6.07, 6.45) is 0. The number of amides is 3. The predicted molar refractivity (Wildman–Crippen MR) is 103 cm³/mol. The number of nitrogens with one attached hydrogen (secondary N) is 2. The van der Waals surface area contributed by atoms with E-state index in [0.29, 0.717) is 29.5 Å². The van der Waals surface area contributed by atoms with Crippen LogP contribution in [-0.4, -0.2) is 30.0 Å². The lowest BCUT2D eigenvalue weighted by Crippen LogP contribution is -2.27. The Hall–Kier alpha value is -3.26. The molecule has 2 N–H and O–H groups in total. The van der Waals surface area contributed by atoms with Crippen LogP contribution in [0.15, 0.2) is 53.9 Å². The van der Waals surface area contributed by atoms with Gasteiger partial charge in [-0.05, 0) is 48.5 Å². The van der Waals surface area contributed by atoms with Crippen LogP contribution in [0, 0.1) is 5.82 Å². The maximum absolute atomic E-state index is 13.0. The fraction of sp³-hybridized carbons (Fsp3) is 0.105. The number of aromatic nitrogens is 1. The smallest absolute Gasteiger partial charge is 0.321 e. The predicted octanol–water partition coefficient (Wildman–Crippen LogP) is 3.73. The molecular weight excluding hydrogens is 367 g/mol. The molecule has 0 spiro atoms. The highest BCUT2D eigenvalue weighted by Gasteiger charge is 2.21. The molecule has 1 aromatic heterocycles. The number of anilines is 2. The maximum Gasteiger partial charge on any atom is 0.321 e. The molecule has 2 aromatic carbocycles. The first-order valence-electron chi connectivity index (χ1n) is 8.28. The summed E-state index contributed by atoms with van der Waals surface area (Å²) in [7, 11) is 0. The van der Waals surface area contributed by atoms with E-state index in [9.17, 15) is 14.0 Å². The number of rotatable bonds is 4. The van der Waals surface area contributed by atoms with Crippen molar-refractivity contribution in [1.82, 2.24) is 10.3 Å². The van der Waals surface area contributed by atoms with Gasteiger partial charge in [-0.2, -0.15) is 0 Å². The van der Waals surface area contributed by atoms with Gasteiger partial charge in [-0.15, -0.1) is 11.3 Å². The number of thiazole rings is 1.